The molecule has 6 nitrogen and oxygen atoms in total. The number of hydrogen-bond donors (Lipinski definition) is 2. The van der Waals surface area contributed by atoms with Crippen LogP contribution in [-0.4, -0.2) is 34.6 Å². The molecular weight excluding hydrogens is 292 g/mol. The number of carbonyl (C=O) groups is 1. The number of fused-ring (bicyclic) bond motifs is 1. The molecule has 1 aliphatic rings. The second-order valence-corrected chi connectivity index (χ2v) is 7.47. The van der Waals surface area contributed by atoms with E-state index in [0.29, 0.717) is 18.7 Å². The second kappa shape index (κ2) is 5.75. The Labute approximate surface area is 124 Å². The molecule has 7 heteroatoms. The molecule has 116 valence electrons. The maximum atomic E-state index is 12.2. The first-order chi connectivity index (χ1) is 9.76. The van der Waals surface area contributed by atoms with Gasteiger partial charge in [0.05, 0.1) is 11.5 Å². The molecular formula is C14H20N2O4S. The normalized spacial score (nSPS) is 17.2. The lowest BCUT2D eigenvalue weighted by Crippen LogP contribution is -2.33. The van der Waals surface area contributed by atoms with Crippen LogP contribution in [0.4, 0.5) is 5.69 Å². The fourth-order valence-corrected chi connectivity index (χ4v) is 3.45. The minimum atomic E-state index is -3.57. The number of nitrogens with one attached hydrogen (secondary N) is 2. The third-order valence-electron chi connectivity index (χ3n) is 3.51. The van der Waals surface area contributed by atoms with Crippen molar-refractivity contribution in [1.82, 2.24) is 4.72 Å². The molecule has 1 heterocycles. The predicted octanol–water partition coefficient (Wildman–Crippen LogP) is 1.23. The highest BCUT2D eigenvalue weighted by Gasteiger charge is 2.33. The smallest absolute Gasteiger partial charge is 0.240 e. The lowest BCUT2D eigenvalue weighted by Gasteiger charge is -2.32. The number of ether oxygens (including phenoxy) is 1. The number of amides is 1. The lowest BCUT2D eigenvalue weighted by molar-refractivity contribution is -0.117. The van der Waals surface area contributed by atoms with Gasteiger partial charge >= 0.3 is 0 Å². The van der Waals surface area contributed by atoms with Gasteiger partial charge in [-0.1, -0.05) is 13.8 Å². The molecule has 0 fully saturated rings. The van der Waals surface area contributed by atoms with E-state index in [9.17, 15) is 13.2 Å². The van der Waals surface area contributed by atoms with Crippen LogP contribution in [0.5, 0.6) is 0 Å². The van der Waals surface area contributed by atoms with Gasteiger partial charge in [0.2, 0.25) is 15.9 Å². The minimum Gasteiger partial charge on any atom is -0.383 e. The standard InChI is InChI=1S/C14H20N2O4S/c1-14(2)9-13(17)16-12-5-4-10(8-11(12)14)21(18,19)15-6-7-20-3/h4-5,8,15H,6-7,9H2,1-3H3,(H,16,17). The van der Waals surface area contributed by atoms with Crippen molar-refractivity contribution in [2.75, 3.05) is 25.6 Å². The monoisotopic (exact) mass is 312 g/mol. The Kier molecular flexibility index (Phi) is 4.36. The SMILES string of the molecule is COCCNS(=O)(=O)c1ccc2c(c1)C(C)(C)CC(=O)N2. The molecule has 0 aromatic heterocycles. The van der Waals surface area contributed by atoms with Crippen LogP contribution in [0, 0.1) is 0 Å². The number of rotatable bonds is 5. The van der Waals surface area contributed by atoms with Gasteiger partial charge < -0.3 is 10.1 Å². The van der Waals surface area contributed by atoms with Gasteiger partial charge in [-0.15, -0.1) is 0 Å². The molecule has 0 unspecified atom stereocenters. The molecule has 0 saturated heterocycles. The van der Waals surface area contributed by atoms with Crippen molar-refractivity contribution in [3.05, 3.63) is 23.8 Å². The van der Waals surface area contributed by atoms with Crippen LogP contribution in [0.1, 0.15) is 25.8 Å². The van der Waals surface area contributed by atoms with E-state index in [0.717, 1.165) is 5.56 Å². The first-order valence-corrected chi connectivity index (χ1v) is 8.17. The second-order valence-electron chi connectivity index (χ2n) is 5.71. The molecule has 1 aliphatic heterocycles. The zero-order chi connectivity index (χ0) is 15.7. The highest BCUT2D eigenvalue weighted by Crippen LogP contribution is 2.38. The molecule has 0 spiro atoms. The number of hydrogen-bond acceptors (Lipinski definition) is 4. The summed E-state index contributed by atoms with van der Waals surface area (Å²) in [5, 5.41) is 2.77. The summed E-state index contributed by atoms with van der Waals surface area (Å²) in [7, 11) is -2.06. The van der Waals surface area contributed by atoms with E-state index in [1.165, 1.54) is 13.2 Å². The lowest BCUT2D eigenvalue weighted by atomic mass is 9.78. The van der Waals surface area contributed by atoms with E-state index in [1.54, 1.807) is 12.1 Å². The van der Waals surface area contributed by atoms with Gasteiger partial charge in [0.1, 0.15) is 0 Å². The summed E-state index contributed by atoms with van der Waals surface area (Å²) < 4.78 is 31.7. The Morgan fingerprint density at radius 1 is 1.38 bits per heavy atom. The average Bonchev–Trinajstić information content (AvgIpc) is 2.37. The maximum absolute atomic E-state index is 12.2. The van der Waals surface area contributed by atoms with E-state index < -0.39 is 15.4 Å². The fraction of sp³-hybridized carbons (Fsp3) is 0.500. The van der Waals surface area contributed by atoms with E-state index in [1.807, 2.05) is 13.8 Å². The third kappa shape index (κ3) is 3.42. The minimum absolute atomic E-state index is 0.0543. The molecule has 21 heavy (non-hydrogen) atoms. The Hall–Kier alpha value is -1.44. The molecule has 0 aliphatic carbocycles. The summed E-state index contributed by atoms with van der Waals surface area (Å²) in [6, 6.07) is 4.76. The van der Waals surface area contributed by atoms with Crippen molar-refractivity contribution >= 4 is 21.6 Å². The first kappa shape index (κ1) is 15.9. The topological polar surface area (TPSA) is 84.5 Å². The van der Waals surface area contributed by atoms with Gasteiger partial charge in [-0.25, -0.2) is 13.1 Å². The van der Waals surface area contributed by atoms with Gasteiger partial charge in [0.25, 0.3) is 0 Å². The third-order valence-corrected chi connectivity index (χ3v) is 4.96. The van der Waals surface area contributed by atoms with E-state index in [2.05, 4.69) is 10.0 Å². The molecule has 2 rings (SSSR count). The number of sulfonamides is 1. The Morgan fingerprint density at radius 3 is 2.76 bits per heavy atom. The van der Waals surface area contributed by atoms with Crippen LogP contribution in [-0.2, 0) is 25.0 Å². The Bertz CT molecular complexity index is 653. The van der Waals surface area contributed by atoms with Gasteiger partial charge in [-0.05, 0) is 23.8 Å². The van der Waals surface area contributed by atoms with E-state index in [-0.39, 0.29) is 17.3 Å². The number of methoxy groups -OCH3 is 1. The van der Waals surface area contributed by atoms with Gasteiger partial charge in [0, 0.05) is 31.2 Å². The van der Waals surface area contributed by atoms with E-state index >= 15 is 0 Å². The van der Waals surface area contributed by atoms with E-state index in [4.69, 9.17) is 4.74 Å². The van der Waals surface area contributed by atoms with Crippen molar-refractivity contribution in [2.24, 2.45) is 0 Å². The fourth-order valence-electron chi connectivity index (χ4n) is 2.41. The van der Waals surface area contributed by atoms with Crippen LogP contribution < -0.4 is 10.0 Å². The van der Waals surface area contributed by atoms with Crippen LogP contribution in [0.15, 0.2) is 23.1 Å². The Balaban J connectivity index is 2.35. The number of anilines is 1. The van der Waals surface area contributed by atoms with Crippen LogP contribution in [0.25, 0.3) is 0 Å². The largest absolute Gasteiger partial charge is 0.383 e. The van der Waals surface area contributed by atoms with Gasteiger partial charge in [-0.3, -0.25) is 4.79 Å². The highest BCUT2D eigenvalue weighted by atomic mass is 32.2. The first-order valence-electron chi connectivity index (χ1n) is 6.69. The van der Waals surface area contributed by atoms with Crippen molar-refractivity contribution in [3.8, 4) is 0 Å². The molecule has 0 radical (unpaired) electrons. The quantitative estimate of drug-likeness (QED) is 0.801. The number of benzene rings is 1. The summed E-state index contributed by atoms with van der Waals surface area (Å²) in [6.45, 7) is 4.39. The van der Waals surface area contributed by atoms with Crippen molar-refractivity contribution in [2.45, 2.75) is 30.6 Å². The predicted molar refractivity (Wildman–Crippen MR) is 79.8 cm³/mol. The van der Waals surface area contributed by atoms with Crippen LogP contribution in [0.2, 0.25) is 0 Å². The van der Waals surface area contributed by atoms with Gasteiger partial charge in [0.15, 0.2) is 0 Å². The summed E-state index contributed by atoms with van der Waals surface area (Å²) in [6.07, 6.45) is 0.334. The molecule has 2 N–H and O–H groups in total. The summed E-state index contributed by atoms with van der Waals surface area (Å²) in [4.78, 5) is 11.8. The Morgan fingerprint density at radius 2 is 2.10 bits per heavy atom. The molecule has 0 saturated carbocycles. The summed E-state index contributed by atoms with van der Waals surface area (Å²) >= 11 is 0. The van der Waals surface area contributed by atoms with Crippen LogP contribution in [0.3, 0.4) is 0 Å². The number of carbonyl (C=O) groups excluding carboxylic acids is 1. The summed E-state index contributed by atoms with van der Waals surface area (Å²) in [5.74, 6) is -0.0543. The van der Waals surface area contributed by atoms with Gasteiger partial charge in [-0.2, -0.15) is 0 Å². The zero-order valence-corrected chi connectivity index (χ0v) is 13.2. The highest BCUT2D eigenvalue weighted by molar-refractivity contribution is 7.89. The van der Waals surface area contributed by atoms with Crippen molar-refractivity contribution in [1.29, 1.82) is 0 Å². The molecule has 0 atom stereocenters. The molecule has 1 aromatic carbocycles. The molecule has 0 bridgehead atoms. The van der Waals surface area contributed by atoms with Crippen molar-refractivity contribution < 1.29 is 17.9 Å². The van der Waals surface area contributed by atoms with Crippen LogP contribution >= 0.6 is 0 Å². The summed E-state index contributed by atoms with van der Waals surface area (Å²) in [5.41, 5.74) is 1.11. The average molecular weight is 312 g/mol. The zero-order valence-electron chi connectivity index (χ0n) is 12.4. The molecule has 1 amide bonds. The molecule has 1 aromatic rings. The van der Waals surface area contributed by atoms with Crippen molar-refractivity contribution in [3.63, 3.8) is 0 Å². The maximum Gasteiger partial charge on any atom is 0.240 e.